The number of halogens is 2. The number of nitrogens with zero attached hydrogens (tertiary/aromatic N) is 3. The standard InChI is InChI=1S/C9H7Cl2N5/c10-5-3-1-2-4(6(5)11)7-8(12)14-9(13)16-15-7/h1-3H,(H4,12,13,14,16)/i3D. The highest BCUT2D eigenvalue weighted by Crippen LogP contribution is 2.33. The van der Waals surface area contributed by atoms with E-state index >= 15 is 0 Å². The summed E-state index contributed by atoms with van der Waals surface area (Å²) in [6.45, 7) is 0. The van der Waals surface area contributed by atoms with Crippen molar-refractivity contribution in [1.82, 2.24) is 15.2 Å². The van der Waals surface area contributed by atoms with Gasteiger partial charge < -0.3 is 11.5 Å². The van der Waals surface area contributed by atoms with Crippen LogP contribution < -0.4 is 11.5 Å². The van der Waals surface area contributed by atoms with Gasteiger partial charge in [0.1, 0.15) is 5.69 Å². The molecule has 0 atom stereocenters. The second-order valence-corrected chi connectivity index (χ2v) is 3.68. The minimum absolute atomic E-state index is 0.0226. The number of hydrogen-bond acceptors (Lipinski definition) is 5. The number of rotatable bonds is 1. The summed E-state index contributed by atoms with van der Waals surface area (Å²) < 4.78 is 7.49. The number of nitrogen functional groups attached to an aromatic ring is 2. The zero-order valence-electron chi connectivity index (χ0n) is 8.91. The highest BCUT2D eigenvalue weighted by atomic mass is 35.5. The lowest BCUT2D eigenvalue weighted by Crippen LogP contribution is -2.04. The van der Waals surface area contributed by atoms with Gasteiger partial charge in [-0.2, -0.15) is 4.98 Å². The Hall–Kier alpha value is -1.59. The Morgan fingerprint density at radius 2 is 2.00 bits per heavy atom. The van der Waals surface area contributed by atoms with E-state index in [4.69, 9.17) is 36.0 Å². The van der Waals surface area contributed by atoms with Crippen molar-refractivity contribution in [3.05, 3.63) is 28.2 Å². The smallest absolute Gasteiger partial charge is 0.242 e. The molecule has 1 aromatic carbocycles. The Bertz CT molecular complexity index is 590. The Balaban J connectivity index is 2.65. The highest BCUT2D eigenvalue weighted by Gasteiger charge is 2.12. The Morgan fingerprint density at radius 1 is 1.25 bits per heavy atom. The van der Waals surface area contributed by atoms with Crippen molar-refractivity contribution in [2.75, 3.05) is 11.5 Å². The third-order valence-electron chi connectivity index (χ3n) is 1.87. The molecule has 2 rings (SSSR count). The molecule has 0 saturated heterocycles. The van der Waals surface area contributed by atoms with Crippen molar-refractivity contribution in [3.63, 3.8) is 0 Å². The van der Waals surface area contributed by atoms with Gasteiger partial charge in [0, 0.05) is 5.56 Å². The van der Waals surface area contributed by atoms with Crippen molar-refractivity contribution >= 4 is 35.0 Å². The second-order valence-electron chi connectivity index (χ2n) is 2.92. The summed E-state index contributed by atoms with van der Waals surface area (Å²) in [6.07, 6.45) is 0. The monoisotopic (exact) mass is 256 g/mol. The molecule has 0 spiro atoms. The van der Waals surface area contributed by atoms with Gasteiger partial charge in [-0.05, 0) is 6.04 Å². The maximum atomic E-state index is 7.49. The molecule has 2 aromatic rings. The molecule has 16 heavy (non-hydrogen) atoms. The van der Waals surface area contributed by atoms with E-state index in [9.17, 15) is 0 Å². The lowest BCUT2D eigenvalue weighted by Gasteiger charge is -2.06. The maximum Gasteiger partial charge on any atom is 0.242 e. The van der Waals surface area contributed by atoms with Gasteiger partial charge in [0.25, 0.3) is 0 Å². The van der Waals surface area contributed by atoms with E-state index in [0.717, 1.165) is 0 Å². The molecule has 1 aromatic heterocycles. The van der Waals surface area contributed by atoms with Crippen LogP contribution in [0.2, 0.25) is 10.0 Å². The van der Waals surface area contributed by atoms with Gasteiger partial charge in [-0.3, -0.25) is 0 Å². The minimum atomic E-state index is -0.0226. The lowest BCUT2D eigenvalue weighted by molar-refractivity contribution is 1.000. The van der Waals surface area contributed by atoms with Crippen LogP contribution in [0.3, 0.4) is 0 Å². The number of aromatic nitrogens is 3. The molecule has 82 valence electrons. The Morgan fingerprint density at radius 3 is 2.69 bits per heavy atom. The van der Waals surface area contributed by atoms with E-state index in [1.807, 2.05) is 0 Å². The first kappa shape index (κ1) is 9.62. The van der Waals surface area contributed by atoms with Crippen LogP contribution in [0.4, 0.5) is 11.8 Å². The summed E-state index contributed by atoms with van der Waals surface area (Å²) in [4.78, 5) is 3.78. The molecule has 0 unspecified atom stereocenters. The molecule has 0 amide bonds. The van der Waals surface area contributed by atoms with Crippen LogP contribution in [0.1, 0.15) is 1.37 Å². The van der Waals surface area contributed by atoms with Gasteiger partial charge >= 0.3 is 0 Å². The summed E-state index contributed by atoms with van der Waals surface area (Å²) in [5, 5.41) is 7.72. The molecule has 1 heterocycles. The first-order valence-electron chi connectivity index (χ1n) is 4.71. The average Bonchev–Trinajstić information content (AvgIpc) is 2.28. The fourth-order valence-electron chi connectivity index (χ4n) is 1.18. The van der Waals surface area contributed by atoms with Gasteiger partial charge in [-0.25, -0.2) is 0 Å². The van der Waals surface area contributed by atoms with Crippen molar-refractivity contribution < 1.29 is 1.37 Å². The molecule has 0 aliphatic carbocycles. The molecule has 0 bridgehead atoms. The molecular formula is C9H7Cl2N5. The molecule has 0 aliphatic rings. The fraction of sp³-hybridized carbons (Fsp3) is 0. The number of benzene rings is 1. The van der Waals surface area contributed by atoms with Crippen molar-refractivity contribution in [1.29, 1.82) is 0 Å². The Labute approximate surface area is 103 Å². The average molecular weight is 257 g/mol. The third-order valence-corrected chi connectivity index (χ3v) is 2.66. The molecule has 0 radical (unpaired) electrons. The van der Waals surface area contributed by atoms with E-state index in [0.29, 0.717) is 5.56 Å². The highest BCUT2D eigenvalue weighted by molar-refractivity contribution is 6.43. The quantitative estimate of drug-likeness (QED) is 0.815. The van der Waals surface area contributed by atoms with Crippen LogP contribution in [0.25, 0.3) is 11.3 Å². The fourth-order valence-corrected chi connectivity index (χ4v) is 1.55. The molecule has 5 nitrogen and oxygen atoms in total. The van der Waals surface area contributed by atoms with Crippen LogP contribution in [0.15, 0.2) is 18.2 Å². The summed E-state index contributed by atoms with van der Waals surface area (Å²) in [7, 11) is 0. The van der Waals surface area contributed by atoms with Crippen LogP contribution >= 0.6 is 23.2 Å². The zero-order valence-corrected chi connectivity index (χ0v) is 9.42. The largest absolute Gasteiger partial charge is 0.382 e. The van der Waals surface area contributed by atoms with Crippen molar-refractivity contribution in [2.24, 2.45) is 0 Å². The second kappa shape index (κ2) is 4.11. The van der Waals surface area contributed by atoms with Crippen LogP contribution in [-0.4, -0.2) is 15.2 Å². The molecule has 0 aliphatic heterocycles. The van der Waals surface area contributed by atoms with Crippen molar-refractivity contribution in [2.45, 2.75) is 0 Å². The maximum absolute atomic E-state index is 7.49. The predicted molar refractivity (Wildman–Crippen MR) is 64.1 cm³/mol. The Kier molecular flexibility index (Phi) is 2.47. The number of nitrogens with two attached hydrogens (primary N) is 2. The molecule has 0 fully saturated rings. The minimum Gasteiger partial charge on any atom is -0.382 e. The summed E-state index contributed by atoms with van der Waals surface area (Å²) in [5.41, 5.74) is 11.8. The molecular weight excluding hydrogens is 249 g/mol. The predicted octanol–water partition coefficient (Wildman–Crippen LogP) is 2.01. The van der Waals surface area contributed by atoms with E-state index in [2.05, 4.69) is 15.2 Å². The molecule has 7 heteroatoms. The topological polar surface area (TPSA) is 90.7 Å². The molecule has 0 saturated carbocycles. The van der Waals surface area contributed by atoms with E-state index < -0.39 is 0 Å². The lowest BCUT2D eigenvalue weighted by atomic mass is 10.1. The van der Waals surface area contributed by atoms with Gasteiger partial charge in [0.05, 0.1) is 11.4 Å². The SMILES string of the molecule is [2H]c1ccc(-c2nnc(N)nc2N)c(Cl)c1Cl. The summed E-state index contributed by atoms with van der Waals surface area (Å²) in [5.74, 6) is 0.0822. The van der Waals surface area contributed by atoms with Crippen LogP contribution in [-0.2, 0) is 0 Å². The summed E-state index contributed by atoms with van der Waals surface area (Å²) in [6, 6.07) is 3.19. The number of anilines is 2. The summed E-state index contributed by atoms with van der Waals surface area (Å²) >= 11 is 11.9. The number of hydrogen-bond donors (Lipinski definition) is 2. The van der Waals surface area contributed by atoms with Gasteiger partial charge in [-0.15, -0.1) is 10.2 Å². The first-order chi connectivity index (χ1) is 8.00. The van der Waals surface area contributed by atoms with E-state index in [1.54, 1.807) is 6.07 Å². The van der Waals surface area contributed by atoms with Crippen molar-refractivity contribution in [3.8, 4) is 11.3 Å². The van der Waals surface area contributed by atoms with E-state index in [1.165, 1.54) is 6.07 Å². The first-order valence-corrected chi connectivity index (χ1v) is 4.97. The van der Waals surface area contributed by atoms with Crippen LogP contribution in [0, 0.1) is 0 Å². The van der Waals surface area contributed by atoms with Crippen LogP contribution in [0.5, 0.6) is 0 Å². The van der Waals surface area contributed by atoms with Gasteiger partial charge in [0.15, 0.2) is 5.82 Å². The van der Waals surface area contributed by atoms with Gasteiger partial charge in [-0.1, -0.05) is 35.3 Å². The third kappa shape index (κ3) is 1.87. The van der Waals surface area contributed by atoms with Gasteiger partial charge in [0.2, 0.25) is 5.95 Å². The van der Waals surface area contributed by atoms with E-state index in [-0.39, 0.29) is 33.5 Å². The normalized spacial score (nSPS) is 11.2. The zero-order chi connectivity index (χ0) is 12.6. The molecule has 4 N–H and O–H groups in total.